The highest BCUT2D eigenvalue weighted by Gasteiger charge is 2.50. The van der Waals surface area contributed by atoms with Gasteiger partial charge in [-0.25, -0.2) is 4.98 Å². The van der Waals surface area contributed by atoms with E-state index in [4.69, 9.17) is 4.42 Å². The molecule has 1 aliphatic heterocycles. The smallest absolute Gasteiger partial charge is 0.227 e. The molecule has 0 spiro atoms. The van der Waals surface area contributed by atoms with E-state index in [9.17, 15) is 0 Å². The first-order valence-corrected chi connectivity index (χ1v) is 8.91. The molecule has 25 heavy (non-hydrogen) atoms. The maximum Gasteiger partial charge on any atom is 0.227 e. The minimum Gasteiger partial charge on any atom is -0.436 e. The summed E-state index contributed by atoms with van der Waals surface area (Å²) in [6.07, 6.45) is 1.06. The van der Waals surface area contributed by atoms with E-state index in [0.717, 1.165) is 40.2 Å². The number of nitrogens with zero attached hydrogens (tertiary/aromatic N) is 2. The fourth-order valence-electron chi connectivity index (χ4n) is 4.54. The van der Waals surface area contributed by atoms with Crippen LogP contribution in [-0.4, -0.2) is 10.5 Å². The Balaban J connectivity index is 2.04. The molecule has 3 heteroatoms. The number of pyridine rings is 1. The van der Waals surface area contributed by atoms with Crippen LogP contribution in [0.4, 0.5) is 5.69 Å². The van der Waals surface area contributed by atoms with Crippen molar-refractivity contribution in [3.8, 4) is 0 Å². The van der Waals surface area contributed by atoms with Gasteiger partial charge in [0.05, 0.1) is 11.7 Å². The lowest BCUT2D eigenvalue weighted by Gasteiger charge is -2.37. The Hall–Kier alpha value is -2.03. The third-order valence-corrected chi connectivity index (χ3v) is 5.58. The van der Waals surface area contributed by atoms with Crippen molar-refractivity contribution in [1.82, 2.24) is 4.98 Å². The molecular formula is C22H26N2O. The lowest BCUT2D eigenvalue weighted by molar-refractivity contribution is 0.378. The Labute approximate surface area is 150 Å². The zero-order valence-corrected chi connectivity index (χ0v) is 16.0. The molecule has 1 fully saturated rings. The SMILES string of the molecule is [CH2][C]1N(c2c(C)ccc3c2oc2nc(C)ccc23)C(C)(C)CC1(C)C. The predicted molar refractivity (Wildman–Crippen MR) is 105 cm³/mol. The van der Waals surface area contributed by atoms with Crippen LogP contribution in [0.2, 0.25) is 0 Å². The molecule has 0 aliphatic carbocycles. The highest BCUT2D eigenvalue weighted by molar-refractivity contribution is 6.09. The monoisotopic (exact) mass is 334 g/mol. The normalized spacial score (nSPS) is 20.0. The standard InChI is InChI=1S/C22H26N2O/c1-13-8-10-16-17-11-9-14(2)23-20(17)25-19(16)18(13)24-15(3)21(4,5)12-22(24,6)7/h8-11H,3,12H2,1-2,4-7H3. The Morgan fingerprint density at radius 1 is 1.04 bits per heavy atom. The Morgan fingerprint density at radius 2 is 1.72 bits per heavy atom. The summed E-state index contributed by atoms with van der Waals surface area (Å²) in [6, 6.07) is 9.63. The number of fused-ring (bicyclic) bond motifs is 3. The van der Waals surface area contributed by atoms with Gasteiger partial charge >= 0.3 is 0 Å². The Kier molecular flexibility index (Phi) is 3.29. The zero-order chi connectivity index (χ0) is 18.1. The molecular weight excluding hydrogens is 308 g/mol. The summed E-state index contributed by atoms with van der Waals surface area (Å²) in [4.78, 5) is 6.98. The maximum absolute atomic E-state index is 6.27. The van der Waals surface area contributed by atoms with Crippen LogP contribution in [0.1, 0.15) is 45.4 Å². The summed E-state index contributed by atoms with van der Waals surface area (Å²) in [5, 5.41) is 2.19. The van der Waals surface area contributed by atoms with Gasteiger partial charge in [-0.2, -0.15) is 0 Å². The van der Waals surface area contributed by atoms with Crippen molar-refractivity contribution in [2.45, 2.75) is 53.5 Å². The molecule has 0 amide bonds. The third-order valence-electron chi connectivity index (χ3n) is 5.58. The van der Waals surface area contributed by atoms with Gasteiger partial charge in [-0.3, -0.25) is 0 Å². The summed E-state index contributed by atoms with van der Waals surface area (Å²) < 4.78 is 6.27. The lowest BCUT2D eigenvalue weighted by atomic mass is 9.82. The molecule has 3 heterocycles. The Morgan fingerprint density at radius 3 is 2.36 bits per heavy atom. The number of hydrogen-bond donors (Lipinski definition) is 0. The molecule has 0 bridgehead atoms. The second-order valence-electron chi connectivity index (χ2n) is 8.67. The van der Waals surface area contributed by atoms with Crippen molar-refractivity contribution in [2.75, 3.05) is 4.90 Å². The first-order valence-electron chi connectivity index (χ1n) is 8.91. The van der Waals surface area contributed by atoms with Crippen LogP contribution < -0.4 is 4.90 Å². The highest BCUT2D eigenvalue weighted by atomic mass is 16.3. The summed E-state index contributed by atoms with van der Waals surface area (Å²) in [6.45, 7) is 17.7. The van der Waals surface area contributed by atoms with E-state index in [2.05, 4.69) is 69.6 Å². The molecule has 1 aliphatic rings. The highest BCUT2D eigenvalue weighted by Crippen LogP contribution is 2.54. The zero-order valence-electron chi connectivity index (χ0n) is 16.0. The van der Waals surface area contributed by atoms with Crippen LogP contribution >= 0.6 is 0 Å². The van der Waals surface area contributed by atoms with Crippen LogP contribution in [-0.2, 0) is 0 Å². The van der Waals surface area contributed by atoms with E-state index in [-0.39, 0.29) is 11.0 Å². The minimum absolute atomic E-state index is 0.0120. The van der Waals surface area contributed by atoms with Gasteiger partial charge in [0, 0.05) is 22.0 Å². The van der Waals surface area contributed by atoms with Crippen molar-refractivity contribution in [2.24, 2.45) is 5.41 Å². The maximum atomic E-state index is 6.27. The molecule has 1 saturated heterocycles. The van der Waals surface area contributed by atoms with E-state index in [0.29, 0.717) is 5.71 Å². The predicted octanol–water partition coefficient (Wildman–Crippen LogP) is 5.98. The van der Waals surface area contributed by atoms with Gasteiger partial charge in [0.25, 0.3) is 0 Å². The Bertz CT molecular complexity index is 981. The molecule has 4 rings (SSSR count). The van der Waals surface area contributed by atoms with Gasteiger partial charge in [-0.05, 0) is 64.2 Å². The summed E-state index contributed by atoms with van der Waals surface area (Å²) in [7, 11) is 0. The number of anilines is 1. The van der Waals surface area contributed by atoms with Gasteiger partial charge in [0.15, 0.2) is 5.58 Å². The van der Waals surface area contributed by atoms with Crippen molar-refractivity contribution in [3.63, 3.8) is 0 Å². The minimum atomic E-state index is -0.0120. The van der Waals surface area contributed by atoms with E-state index < -0.39 is 0 Å². The van der Waals surface area contributed by atoms with Gasteiger partial charge in [-0.1, -0.05) is 26.0 Å². The lowest BCUT2D eigenvalue weighted by Crippen LogP contribution is -2.39. The molecule has 2 radical (unpaired) electrons. The first-order chi connectivity index (χ1) is 11.6. The molecule has 2 aromatic heterocycles. The molecule has 0 saturated carbocycles. The number of benzene rings is 1. The fourth-order valence-corrected chi connectivity index (χ4v) is 4.54. The van der Waals surface area contributed by atoms with E-state index in [1.54, 1.807) is 0 Å². The number of aromatic nitrogens is 1. The molecule has 3 aromatic rings. The second-order valence-corrected chi connectivity index (χ2v) is 8.67. The molecule has 1 aromatic carbocycles. The average Bonchev–Trinajstić information content (AvgIpc) is 2.92. The fraction of sp³-hybridized carbons (Fsp3) is 0.409. The van der Waals surface area contributed by atoms with Gasteiger partial charge in [-0.15, -0.1) is 0 Å². The molecule has 130 valence electrons. The van der Waals surface area contributed by atoms with Crippen LogP contribution in [0.3, 0.4) is 0 Å². The largest absolute Gasteiger partial charge is 0.436 e. The van der Waals surface area contributed by atoms with Crippen LogP contribution in [0.25, 0.3) is 22.1 Å². The summed E-state index contributed by atoms with van der Waals surface area (Å²) in [5.74, 6) is 0. The quantitative estimate of drug-likeness (QED) is 0.548. The molecule has 3 nitrogen and oxygen atoms in total. The summed E-state index contributed by atoms with van der Waals surface area (Å²) >= 11 is 0. The van der Waals surface area contributed by atoms with Crippen molar-refractivity contribution >= 4 is 27.8 Å². The average molecular weight is 334 g/mol. The second kappa shape index (κ2) is 5.00. The molecule has 0 atom stereocenters. The van der Waals surface area contributed by atoms with E-state index in [1.165, 1.54) is 5.56 Å². The number of aryl methyl sites for hydroxylation is 2. The first kappa shape index (κ1) is 16.4. The number of hydrogen-bond acceptors (Lipinski definition) is 3. The van der Waals surface area contributed by atoms with Crippen LogP contribution in [0, 0.1) is 32.2 Å². The van der Waals surface area contributed by atoms with Gasteiger partial charge in [0.1, 0.15) is 0 Å². The van der Waals surface area contributed by atoms with E-state index >= 15 is 0 Å². The van der Waals surface area contributed by atoms with Gasteiger partial charge < -0.3 is 9.32 Å². The van der Waals surface area contributed by atoms with Gasteiger partial charge in [0.2, 0.25) is 5.71 Å². The number of furan rings is 1. The third kappa shape index (κ3) is 2.28. The topological polar surface area (TPSA) is 29.3 Å². The molecule has 0 N–H and O–H groups in total. The number of rotatable bonds is 1. The van der Waals surface area contributed by atoms with E-state index in [1.807, 2.05) is 13.0 Å². The summed E-state index contributed by atoms with van der Waals surface area (Å²) in [5.41, 5.74) is 4.99. The van der Waals surface area contributed by atoms with Crippen molar-refractivity contribution in [3.05, 3.63) is 48.5 Å². The van der Waals surface area contributed by atoms with Crippen molar-refractivity contribution < 1.29 is 4.42 Å². The molecule has 0 unspecified atom stereocenters. The van der Waals surface area contributed by atoms with Crippen molar-refractivity contribution in [1.29, 1.82) is 0 Å². The van der Waals surface area contributed by atoms with Crippen LogP contribution in [0.5, 0.6) is 0 Å². The van der Waals surface area contributed by atoms with Crippen LogP contribution in [0.15, 0.2) is 28.7 Å².